The predicted octanol–water partition coefficient (Wildman–Crippen LogP) is 2.69. The lowest BCUT2D eigenvalue weighted by atomic mass is 9.95. The van der Waals surface area contributed by atoms with Crippen molar-refractivity contribution in [3.63, 3.8) is 0 Å². The van der Waals surface area contributed by atoms with E-state index in [0.29, 0.717) is 12.0 Å². The smallest absolute Gasteiger partial charge is 0.0693 e. The van der Waals surface area contributed by atoms with Gasteiger partial charge in [0.25, 0.3) is 0 Å². The maximum Gasteiger partial charge on any atom is 0.0693 e. The molecule has 112 valence electrons. The first-order valence-electron chi connectivity index (χ1n) is 7.43. The summed E-state index contributed by atoms with van der Waals surface area (Å²) in [6.07, 6.45) is 1.96. The SMILES string of the molecule is CNC(CCN1CCC(C)C(O)C1)c1ccc(Cl)cc1. The summed E-state index contributed by atoms with van der Waals surface area (Å²) in [5.74, 6) is 0.433. The number of aliphatic hydroxyl groups is 1. The minimum atomic E-state index is -0.174. The largest absolute Gasteiger partial charge is 0.392 e. The van der Waals surface area contributed by atoms with Crippen LogP contribution >= 0.6 is 11.6 Å². The topological polar surface area (TPSA) is 35.5 Å². The second-order valence-electron chi connectivity index (χ2n) is 5.82. The monoisotopic (exact) mass is 296 g/mol. The lowest BCUT2D eigenvalue weighted by molar-refractivity contribution is 0.0278. The number of piperidine rings is 1. The number of likely N-dealkylation sites (tertiary alicyclic amines) is 1. The molecule has 0 aliphatic carbocycles. The van der Waals surface area contributed by atoms with E-state index in [-0.39, 0.29) is 6.10 Å². The summed E-state index contributed by atoms with van der Waals surface area (Å²) >= 11 is 5.93. The van der Waals surface area contributed by atoms with Crippen LogP contribution in [0, 0.1) is 5.92 Å². The van der Waals surface area contributed by atoms with Gasteiger partial charge < -0.3 is 15.3 Å². The number of nitrogens with zero attached hydrogens (tertiary/aromatic N) is 1. The molecule has 0 aromatic heterocycles. The van der Waals surface area contributed by atoms with Gasteiger partial charge in [0, 0.05) is 24.2 Å². The highest BCUT2D eigenvalue weighted by atomic mass is 35.5. The number of β-amino-alcohol motifs (C(OH)–C–C–N with tert-alkyl or cyclic N) is 1. The summed E-state index contributed by atoms with van der Waals surface area (Å²) in [5, 5.41) is 14.1. The highest BCUT2D eigenvalue weighted by Gasteiger charge is 2.24. The molecule has 3 nitrogen and oxygen atoms in total. The Labute approximate surface area is 126 Å². The number of rotatable bonds is 5. The normalized spacial score (nSPS) is 25.6. The molecule has 1 aromatic rings. The van der Waals surface area contributed by atoms with Crippen LogP contribution < -0.4 is 5.32 Å². The molecule has 1 fully saturated rings. The van der Waals surface area contributed by atoms with Crippen LogP contribution in [-0.2, 0) is 0 Å². The van der Waals surface area contributed by atoms with E-state index in [1.165, 1.54) is 5.56 Å². The molecule has 0 bridgehead atoms. The molecule has 0 radical (unpaired) electrons. The number of hydrogen-bond donors (Lipinski definition) is 2. The van der Waals surface area contributed by atoms with Crippen LogP contribution in [0.4, 0.5) is 0 Å². The fraction of sp³-hybridized carbons (Fsp3) is 0.625. The maximum atomic E-state index is 9.95. The van der Waals surface area contributed by atoms with Gasteiger partial charge in [0.15, 0.2) is 0 Å². The van der Waals surface area contributed by atoms with E-state index >= 15 is 0 Å². The zero-order valence-electron chi connectivity index (χ0n) is 12.3. The van der Waals surface area contributed by atoms with Crippen LogP contribution in [0.3, 0.4) is 0 Å². The molecule has 3 unspecified atom stereocenters. The Balaban J connectivity index is 1.86. The lowest BCUT2D eigenvalue weighted by Crippen LogP contribution is -2.43. The summed E-state index contributed by atoms with van der Waals surface area (Å²) in [6.45, 7) is 5.04. The third-order valence-corrected chi connectivity index (χ3v) is 4.61. The third kappa shape index (κ3) is 4.19. The minimum absolute atomic E-state index is 0.174. The zero-order chi connectivity index (χ0) is 14.5. The molecule has 20 heavy (non-hydrogen) atoms. The molecule has 4 heteroatoms. The Bertz CT molecular complexity index is 409. The fourth-order valence-electron chi connectivity index (χ4n) is 2.80. The van der Waals surface area contributed by atoms with Crippen molar-refractivity contribution in [2.24, 2.45) is 5.92 Å². The molecule has 0 spiro atoms. The van der Waals surface area contributed by atoms with E-state index in [4.69, 9.17) is 11.6 Å². The van der Waals surface area contributed by atoms with Crippen LogP contribution in [0.1, 0.15) is 31.4 Å². The van der Waals surface area contributed by atoms with Gasteiger partial charge in [-0.1, -0.05) is 30.7 Å². The first-order chi connectivity index (χ1) is 9.60. The second kappa shape index (κ2) is 7.41. The average Bonchev–Trinajstić information content (AvgIpc) is 2.45. The van der Waals surface area contributed by atoms with E-state index in [9.17, 15) is 5.11 Å². The summed E-state index contributed by atoms with van der Waals surface area (Å²) in [4.78, 5) is 2.37. The van der Waals surface area contributed by atoms with Gasteiger partial charge in [-0.25, -0.2) is 0 Å². The van der Waals surface area contributed by atoms with Crippen molar-refractivity contribution < 1.29 is 5.11 Å². The number of hydrogen-bond acceptors (Lipinski definition) is 3. The van der Waals surface area contributed by atoms with E-state index in [0.717, 1.165) is 37.5 Å². The molecule has 2 N–H and O–H groups in total. The van der Waals surface area contributed by atoms with Crippen molar-refractivity contribution in [1.29, 1.82) is 0 Å². The fourth-order valence-corrected chi connectivity index (χ4v) is 2.93. The van der Waals surface area contributed by atoms with E-state index in [2.05, 4.69) is 29.3 Å². The van der Waals surface area contributed by atoms with Gasteiger partial charge in [0.05, 0.1) is 6.10 Å². The molecule has 2 rings (SSSR count). The zero-order valence-corrected chi connectivity index (χ0v) is 13.1. The van der Waals surface area contributed by atoms with Crippen molar-refractivity contribution in [3.05, 3.63) is 34.9 Å². The van der Waals surface area contributed by atoms with E-state index in [1.54, 1.807) is 0 Å². The number of halogens is 1. The van der Waals surface area contributed by atoms with Crippen LogP contribution in [0.2, 0.25) is 5.02 Å². The summed E-state index contributed by atoms with van der Waals surface area (Å²) < 4.78 is 0. The van der Waals surface area contributed by atoms with Crippen molar-refractivity contribution in [2.45, 2.75) is 31.9 Å². The molecule has 0 amide bonds. The van der Waals surface area contributed by atoms with Crippen LogP contribution in [0.5, 0.6) is 0 Å². The first-order valence-corrected chi connectivity index (χ1v) is 7.81. The first kappa shape index (κ1) is 15.8. The van der Waals surface area contributed by atoms with Gasteiger partial charge in [0.1, 0.15) is 0 Å². The second-order valence-corrected chi connectivity index (χ2v) is 6.25. The summed E-state index contributed by atoms with van der Waals surface area (Å²) in [6, 6.07) is 8.37. The molecule has 1 saturated heterocycles. The van der Waals surface area contributed by atoms with Crippen LogP contribution in [0.25, 0.3) is 0 Å². The molecule has 1 aliphatic rings. The highest BCUT2D eigenvalue weighted by molar-refractivity contribution is 6.30. The molecule has 1 aromatic carbocycles. The number of benzene rings is 1. The van der Waals surface area contributed by atoms with Gasteiger partial charge in [-0.15, -0.1) is 0 Å². The Morgan fingerprint density at radius 2 is 2.10 bits per heavy atom. The maximum absolute atomic E-state index is 9.95. The van der Waals surface area contributed by atoms with Gasteiger partial charge in [-0.2, -0.15) is 0 Å². The van der Waals surface area contributed by atoms with E-state index < -0.39 is 0 Å². The summed E-state index contributed by atoms with van der Waals surface area (Å²) in [5.41, 5.74) is 1.27. The molecule has 0 saturated carbocycles. The Morgan fingerprint density at radius 1 is 1.40 bits per heavy atom. The van der Waals surface area contributed by atoms with Crippen molar-refractivity contribution in [2.75, 3.05) is 26.7 Å². The van der Waals surface area contributed by atoms with Gasteiger partial charge in [0.2, 0.25) is 0 Å². The van der Waals surface area contributed by atoms with Crippen LogP contribution in [-0.4, -0.2) is 42.8 Å². The number of nitrogens with one attached hydrogen (secondary N) is 1. The van der Waals surface area contributed by atoms with Gasteiger partial charge in [-0.05, 0) is 50.0 Å². The Morgan fingerprint density at radius 3 is 2.70 bits per heavy atom. The molecule has 1 heterocycles. The predicted molar refractivity (Wildman–Crippen MR) is 84.1 cm³/mol. The Hall–Kier alpha value is -0.610. The van der Waals surface area contributed by atoms with Crippen molar-refractivity contribution in [3.8, 4) is 0 Å². The summed E-state index contributed by atoms with van der Waals surface area (Å²) in [7, 11) is 1.99. The quantitative estimate of drug-likeness (QED) is 0.877. The third-order valence-electron chi connectivity index (χ3n) is 4.36. The molecular weight excluding hydrogens is 272 g/mol. The van der Waals surface area contributed by atoms with Crippen molar-refractivity contribution in [1.82, 2.24) is 10.2 Å². The molecule has 1 aliphatic heterocycles. The lowest BCUT2D eigenvalue weighted by Gasteiger charge is -2.35. The van der Waals surface area contributed by atoms with Crippen LogP contribution in [0.15, 0.2) is 24.3 Å². The Kier molecular flexibility index (Phi) is 5.85. The molecular formula is C16H25ClN2O. The average molecular weight is 297 g/mol. The molecule has 3 atom stereocenters. The standard InChI is InChI=1S/C16H25ClN2O/c1-12-7-9-19(11-16(12)20)10-8-15(18-2)13-3-5-14(17)6-4-13/h3-6,12,15-16,18,20H,7-11H2,1-2H3. The van der Waals surface area contributed by atoms with Gasteiger partial charge >= 0.3 is 0 Å². The van der Waals surface area contributed by atoms with Crippen molar-refractivity contribution >= 4 is 11.6 Å². The van der Waals surface area contributed by atoms with Gasteiger partial charge in [-0.3, -0.25) is 0 Å². The highest BCUT2D eigenvalue weighted by Crippen LogP contribution is 2.22. The number of aliphatic hydroxyl groups excluding tert-OH is 1. The minimum Gasteiger partial charge on any atom is -0.392 e. The van der Waals surface area contributed by atoms with E-state index in [1.807, 2.05) is 19.2 Å².